The van der Waals surface area contributed by atoms with Gasteiger partial charge in [0.2, 0.25) is 0 Å². The number of hydrazine groups is 1. The second-order valence-corrected chi connectivity index (χ2v) is 7.78. The molecule has 0 radical (unpaired) electrons. The predicted octanol–water partition coefficient (Wildman–Crippen LogP) is 3.69. The van der Waals surface area contributed by atoms with Crippen molar-refractivity contribution in [2.75, 3.05) is 13.2 Å². The Morgan fingerprint density at radius 1 is 1.07 bits per heavy atom. The molecule has 2 aromatic rings. The first-order chi connectivity index (χ1) is 14.3. The van der Waals surface area contributed by atoms with Crippen LogP contribution in [0.1, 0.15) is 42.6 Å². The number of nitrogens with one attached hydrogen (secondary N) is 3. The molecule has 0 fully saturated rings. The average Bonchev–Trinajstić information content (AvgIpc) is 2.71. The van der Waals surface area contributed by atoms with Crippen molar-refractivity contribution in [3.05, 3.63) is 58.1 Å². The molecular formula is C21H24BrN3O4S. The van der Waals surface area contributed by atoms with E-state index < -0.39 is 11.8 Å². The van der Waals surface area contributed by atoms with Crippen LogP contribution in [0.4, 0.5) is 0 Å². The van der Waals surface area contributed by atoms with Gasteiger partial charge in [0, 0.05) is 0 Å². The summed E-state index contributed by atoms with van der Waals surface area (Å²) in [4.78, 5) is 24.4. The molecule has 0 unspecified atom stereocenters. The maximum Gasteiger partial charge on any atom is 0.276 e. The fraction of sp³-hybridized carbons (Fsp3) is 0.286. The van der Waals surface area contributed by atoms with E-state index in [1.54, 1.807) is 30.3 Å². The zero-order valence-electron chi connectivity index (χ0n) is 17.0. The second-order valence-electron chi connectivity index (χ2n) is 6.52. The maximum atomic E-state index is 12.4. The van der Waals surface area contributed by atoms with Gasteiger partial charge in [-0.05, 0) is 70.8 Å². The van der Waals surface area contributed by atoms with Crippen LogP contribution in [0.25, 0.3) is 0 Å². The predicted molar refractivity (Wildman–Crippen MR) is 123 cm³/mol. The molecule has 30 heavy (non-hydrogen) atoms. The normalized spacial score (nSPS) is 10.3. The number of hydrogen-bond acceptors (Lipinski definition) is 5. The van der Waals surface area contributed by atoms with Gasteiger partial charge in [0.15, 0.2) is 11.7 Å². The minimum Gasteiger partial charge on any atom is -0.493 e. The van der Waals surface area contributed by atoms with Crippen LogP contribution in [0.2, 0.25) is 0 Å². The summed E-state index contributed by atoms with van der Waals surface area (Å²) in [6, 6.07) is 12.5. The van der Waals surface area contributed by atoms with Gasteiger partial charge in [-0.15, -0.1) is 0 Å². The maximum absolute atomic E-state index is 12.4. The van der Waals surface area contributed by atoms with E-state index in [1.807, 2.05) is 19.1 Å². The third-order valence-corrected chi connectivity index (χ3v) is 4.78. The van der Waals surface area contributed by atoms with Gasteiger partial charge in [0.1, 0.15) is 11.5 Å². The molecule has 7 nitrogen and oxygen atoms in total. The molecule has 0 spiro atoms. The van der Waals surface area contributed by atoms with E-state index in [-0.39, 0.29) is 11.7 Å². The monoisotopic (exact) mass is 493 g/mol. The number of benzene rings is 2. The Hall–Kier alpha value is -2.65. The van der Waals surface area contributed by atoms with E-state index in [2.05, 4.69) is 45.9 Å². The van der Waals surface area contributed by atoms with Gasteiger partial charge >= 0.3 is 0 Å². The van der Waals surface area contributed by atoms with Crippen LogP contribution >= 0.6 is 28.1 Å². The largest absolute Gasteiger partial charge is 0.493 e. The summed E-state index contributed by atoms with van der Waals surface area (Å²) in [5, 5.41) is 2.43. The highest BCUT2D eigenvalue weighted by molar-refractivity contribution is 9.10. The Morgan fingerprint density at radius 3 is 2.47 bits per heavy atom. The molecule has 0 aliphatic rings. The first-order valence-electron chi connectivity index (χ1n) is 9.36. The van der Waals surface area contributed by atoms with Crippen LogP contribution in [0, 0.1) is 0 Å². The molecule has 2 aromatic carbocycles. The molecule has 0 heterocycles. The summed E-state index contributed by atoms with van der Waals surface area (Å²) < 4.78 is 11.7. The van der Waals surface area contributed by atoms with E-state index in [4.69, 9.17) is 21.7 Å². The summed E-state index contributed by atoms with van der Waals surface area (Å²) in [6.45, 7) is 6.22. The molecule has 9 heteroatoms. The molecule has 0 aliphatic heterocycles. The summed E-state index contributed by atoms with van der Waals surface area (Å²) in [6.07, 6.45) is 0. The Kier molecular flexibility index (Phi) is 9.07. The first kappa shape index (κ1) is 23.6. The number of ether oxygens (including phenoxy) is 2. The molecule has 0 atom stereocenters. The molecule has 160 valence electrons. The minimum absolute atomic E-state index is 0.0536. The van der Waals surface area contributed by atoms with Crippen molar-refractivity contribution in [2.24, 2.45) is 0 Å². The number of hydrogen-bond donors (Lipinski definition) is 3. The van der Waals surface area contributed by atoms with Gasteiger partial charge in [-0.2, -0.15) is 0 Å². The van der Waals surface area contributed by atoms with Crippen LogP contribution in [0.3, 0.4) is 0 Å². The van der Waals surface area contributed by atoms with Crippen LogP contribution in [0.5, 0.6) is 11.5 Å². The molecule has 0 saturated carbocycles. The Labute approximate surface area is 189 Å². The summed E-state index contributed by atoms with van der Waals surface area (Å²) in [7, 11) is 0. The number of rotatable bonds is 7. The number of carbonyl (C=O) groups is 2. The Morgan fingerprint density at radius 2 is 1.80 bits per heavy atom. The fourth-order valence-electron chi connectivity index (χ4n) is 2.44. The number of thiocarbonyl (C=S) groups is 1. The number of carbonyl (C=O) groups excluding carboxylic acids is 2. The highest BCUT2D eigenvalue weighted by Crippen LogP contribution is 2.28. The first-order valence-corrected chi connectivity index (χ1v) is 10.6. The topological polar surface area (TPSA) is 88.7 Å². The van der Waals surface area contributed by atoms with Gasteiger partial charge in [-0.25, -0.2) is 0 Å². The standard InChI is InChI=1S/C21H24BrN3O4S/c1-4-28-17-8-6-5-7-15(17)20(27)23-21(30)25-24-19(26)12-29-18-10-9-14(13(2)3)11-16(18)22/h5-11,13H,4,12H2,1-3H3,(H,24,26)(H2,23,25,27,30). The van der Waals surface area contributed by atoms with Crippen LogP contribution < -0.4 is 25.6 Å². The SMILES string of the molecule is CCOc1ccccc1C(=O)NC(=S)NNC(=O)COc1ccc(C(C)C)cc1Br. The highest BCUT2D eigenvalue weighted by Gasteiger charge is 2.14. The van der Waals surface area contributed by atoms with Gasteiger partial charge in [0.05, 0.1) is 16.6 Å². The van der Waals surface area contributed by atoms with Crippen molar-refractivity contribution >= 4 is 45.1 Å². The zero-order valence-corrected chi connectivity index (χ0v) is 19.4. The molecule has 0 aromatic heterocycles. The van der Waals surface area contributed by atoms with E-state index in [0.717, 1.165) is 10.0 Å². The van der Waals surface area contributed by atoms with Crippen molar-refractivity contribution in [3.8, 4) is 11.5 Å². The van der Waals surface area contributed by atoms with Crippen molar-refractivity contribution in [1.29, 1.82) is 0 Å². The van der Waals surface area contributed by atoms with Crippen molar-refractivity contribution in [2.45, 2.75) is 26.7 Å². The van der Waals surface area contributed by atoms with E-state index >= 15 is 0 Å². The minimum atomic E-state index is -0.457. The second kappa shape index (κ2) is 11.5. The van der Waals surface area contributed by atoms with Crippen LogP contribution in [-0.4, -0.2) is 30.1 Å². The zero-order chi connectivity index (χ0) is 22.1. The van der Waals surface area contributed by atoms with Crippen LogP contribution in [0.15, 0.2) is 46.9 Å². The third kappa shape index (κ3) is 7.00. The molecule has 3 N–H and O–H groups in total. The number of para-hydroxylation sites is 1. The van der Waals surface area contributed by atoms with Crippen molar-refractivity contribution in [1.82, 2.24) is 16.2 Å². The van der Waals surface area contributed by atoms with E-state index in [9.17, 15) is 9.59 Å². The van der Waals surface area contributed by atoms with Crippen molar-refractivity contribution in [3.63, 3.8) is 0 Å². The Bertz CT molecular complexity index is 921. The molecule has 0 bridgehead atoms. The lowest BCUT2D eigenvalue weighted by Crippen LogP contribution is -2.49. The van der Waals surface area contributed by atoms with E-state index in [0.29, 0.717) is 29.6 Å². The number of amides is 2. The lowest BCUT2D eigenvalue weighted by Gasteiger charge is -2.14. The van der Waals surface area contributed by atoms with Gasteiger partial charge in [-0.3, -0.25) is 25.8 Å². The highest BCUT2D eigenvalue weighted by atomic mass is 79.9. The van der Waals surface area contributed by atoms with Gasteiger partial charge < -0.3 is 9.47 Å². The fourth-order valence-corrected chi connectivity index (χ4v) is 3.09. The van der Waals surface area contributed by atoms with Gasteiger partial charge in [-0.1, -0.05) is 32.0 Å². The smallest absolute Gasteiger partial charge is 0.276 e. The van der Waals surface area contributed by atoms with E-state index in [1.165, 1.54) is 0 Å². The molecule has 0 saturated heterocycles. The molecule has 2 amide bonds. The summed E-state index contributed by atoms with van der Waals surface area (Å²) in [5.41, 5.74) is 6.36. The van der Waals surface area contributed by atoms with Crippen molar-refractivity contribution < 1.29 is 19.1 Å². The third-order valence-electron chi connectivity index (χ3n) is 3.96. The molecule has 2 rings (SSSR count). The van der Waals surface area contributed by atoms with Crippen LogP contribution in [-0.2, 0) is 4.79 Å². The molecular weight excluding hydrogens is 470 g/mol. The quantitative estimate of drug-likeness (QED) is 0.402. The average molecular weight is 494 g/mol. The summed E-state index contributed by atoms with van der Waals surface area (Å²) >= 11 is 8.49. The Balaban J connectivity index is 1.81. The number of halogens is 1. The lowest BCUT2D eigenvalue weighted by molar-refractivity contribution is -0.123. The van der Waals surface area contributed by atoms with Gasteiger partial charge in [0.25, 0.3) is 11.8 Å². The summed E-state index contributed by atoms with van der Waals surface area (Å²) in [5.74, 6) is 0.488. The lowest BCUT2D eigenvalue weighted by atomic mass is 10.0. The molecule has 0 aliphatic carbocycles.